The van der Waals surface area contributed by atoms with Crippen LogP contribution in [0.2, 0.25) is 0 Å². The van der Waals surface area contributed by atoms with Gasteiger partial charge in [-0.25, -0.2) is 0 Å². The number of nitrogens with one attached hydrogen (secondary N) is 2. The van der Waals surface area contributed by atoms with Crippen LogP contribution in [0, 0.1) is 13.8 Å². The Kier molecular flexibility index (Phi) is 8.91. The van der Waals surface area contributed by atoms with Crippen LogP contribution in [0.15, 0.2) is 36.4 Å². The molecule has 0 saturated carbocycles. The van der Waals surface area contributed by atoms with E-state index in [9.17, 15) is 0 Å². The van der Waals surface area contributed by atoms with Crippen molar-refractivity contribution in [2.24, 2.45) is 0 Å². The first-order valence-corrected chi connectivity index (χ1v) is 10.4. The van der Waals surface area contributed by atoms with Crippen LogP contribution < -0.4 is 10.6 Å². The molecule has 0 aliphatic heterocycles. The van der Waals surface area contributed by atoms with Crippen LogP contribution in [0.1, 0.15) is 74.9 Å². The summed E-state index contributed by atoms with van der Waals surface area (Å²) in [5, 5.41) is 6.38. The van der Waals surface area contributed by atoms with E-state index in [0.29, 0.717) is 0 Å². The van der Waals surface area contributed by atoms with Gasteiger partial charge in [-0.05, 0) is 61.0 Å². The number of hydrogen-bond acceptors (Lipinski definition) is 2. The van der Waals surface area contributed by atoms with E-state index in [1.807, 2.05) is 14.1 Å². The van der Waals surface area contributed by atoms with Gasteiger partial charge in [-0.1, -0.05) is 89.1 Å². The predicted molar refractivity (Wildman–Crippen MR) is 125 cm³/mol. The minimum atomic E-state index is 0.212. The van der Waals surface area contributed by atoms with Gasteiger partial charge in [-0.15, -0.1) is 0 Å². The second kappa shape index (κ2) is 10.2. The summed E-state index contributed by atoms with van der Waals surface area (Å²) in [4.78, 5) is 0. The molecule has 0 saturated heterocycles. The van der Waals surface area contributed by atoms with Crippen molar-refractivity contribution in [3.63, 3.8) is 0 Å². The van der Waals surface area contributed by atoms with Gasteiger partial charge >= 0.3 is 0 Å². The average Bonchev–Trinajstić information content (AvgIpc) is 2.53. The second-order valence-corrected chi connectivity index (χ2v) is 9.98. The van der Waals surface area contributed by atoms with Crippen molar-refractivity contribution in [1.82, 2.24) is 10.6 Å². The first-order chi connectivity index (χ1) is 12.9. The molecule has 0 spiro atoms. The van der Waals surface area contributed by atoms with Crippen LogP contribution in [-0.4, -0.2) is 14.1 Å². The molecule has 0 unspecified atom stereocenters. The molecule has 156 valence electrons. The van der Waals surface area contributed by atoms with Crippen molar-refractivity contribution in [1.29, 1.82) is 0 Å². The molecule has 0 bridgehead atoms. The van der Waals surface area contributed by atoms with Crippen LogP contribution in [0.25, 0.3) is 0 Å². The first-order valence-electron chi connectivity index (χ1n) is 10.4. The molecule has 0 heterocycles. The summed E-state index contributed by atoms with van der Waals surface area (Å²) in [6, 6.07) is 13.6. The smallest absolute Gasteiger partial charge is 0.0202 e. The molecule has 0 amide bonds. The Bertz CT molecular complexity index is 694. The van der Waals surface area contributed by atoms with E-state index in [1.165, 1.54) is 33.4 Å². The molecule has 0 aliphatic carbocycles. The van der Waals surface area contributed by atoms with Gasteiger partial charge in [0.1, 0.15) is 0 Å². The lowest BCUT2D eigenvalue weighted by atomic mass is 9.79. The zero-order valence-electron chi connectivity index (χ0n) is 19.9. The zero-order chi connectivity index (χ0) is 21.5. The summed E-state index contributed by atoms with van der Waals surface area (Å²) < 4.78 is 0. The Hall–Kier alpha value is -1.64. The third-order valence-corrected chi connectivity index (χ3v) is 4.77. The number of aryl methyl sites for hydroxylation is 2. The lowest BCUT2D eigenvalue weighted by molar-refractivity contribution is 0.566. The highest BCUT2D eigenvalue weighted by molar-refractivity contribution is 5.37. The van der Waals surface area contributed by atoms with Gasteiger partial charge in [0, 0.05) is 13.1 Å². The van der Waals surface area contributed by atoms with Crippen molar-refractivity contribution < 1.29 is 0 Å². The quantitative estimate of drug-likeness (QED) is 0.675. The number of hydrogen-bond donors (Lipinski definition) is 2. The van der Waals surface area contributed by atoms with Crippen molar-refractivity contribution in [3.05, 3.63) is 69.8 Å². The Morgan fingerprint density at radius 3 is 1.25 bits per heavy atom. The maximum Gasteiger partial charge on any atom is 0.0202 e. The van der Waals surface area contributed by atoms with Crippen molar-refractivity contribution in [3.8, 4) is 0 Å². The molecule has 2 rings (SSSR count). The lowest BCUT2D eigenvalue weighted by Crippen LogP contribution is -2.18. The molecule has 2 aromatic rings. The van der Waals surface area contributed by atoms with Gasteiger partial charge in [0.2, 0.25) is 0 Å². The van der Waals surface area contributed by atoms with Gasteiger partial charge in [-0.3, -0.25) is 0 Å². The molecule has 2 heteroatoms. The minimum Gasteiger partial charge on any atom is -0.316 e. The van der Waals surface area contributed by atoms with Crippen molar-refractivity contribution in [2.75, 3.05) is 14.1 Å². The molecular formula is C26H42N2. The molecule has 0 aromatic heterocycles. The van der Waals surface area contributed by atoms with Gasteiger partial charge in [0.15, 0.2) is 0 Å². The predicted octanol–water partition coefficient (Wildman–Crippen LogP) is 6.02. The fourth-order valence-electron chi connectivity index (χ4n) is 3.24. The van der Waals surface area contributed by atoms with Crippen LogP contribution in [-0.2, 0) is 23.9 Å². The minimum absolute atomic E-state index is 0.212. The van der Waals surface area contributed by atoms with Crippen molar-refractivity contribution in [2.45, 2.75) is 79.3 Å². The topological polar surface area (TPSA) is 24.1 Å². The second-order valence-electron chi connectivity index (χ2n) is 9.98. The molecule has 0 radical (unpaired) electrons. The monoisotopic (exact) mass is 382 g/mol. The highest BCUT2D eigenvalue weighted by atomic mass is 14.8. The third-order valence-electron chi connectivity index (χ3n) is 4.77. The summed E-state index contributed by atoms with van der Waals surface area (Å²) in [5.74, 6) is 0. The van der Waals surface area contributed by atoms with Crippen LogP contribution >= 0.6 is 0 Å². The molecular weight excluding hydrogens is 340 g/mol. The van der Waals surface area contributed by atoms with E-state index in [4.69, 9.17) is 0 Å². The summed E-state index contributed by atoms with van der Waals surface area (Å²) in [6.07, 6.45) is 0. The van der Waals surface area contributed by atoms with E-state index in [2.05, 4.69) is 102 Å². The Labute approximate surface area is 174 Å². The largest absolute Gasteiger partial charge is 0.316 e. The normalized spacial score (nSPS) is 11.8. The van der Waals surface area contributed by atoms with Gasteiger partial charge < -0.3 is 10.6 Å². The third kappa shape index (κ3) is 8.16. The van der Waals surface area contributed by atoms with E-state index >= 15 is 0 Å². The first kappa shape index (κ1) is 24.4. The SMILES string of the molecule is CNCc1cc(C(C)(C)C)cc(C(C)(C)C)c1.CNCc1cc(C)cc(C)c1. The van der Waals surface area contributed by atoms with E-state index in [1.54, 1.807) is 0 Å². The van der Waals surface area contributed by atoms with Crippen LogP contribution in [0.5, 0.6) is 0 Å². The maximum absolute atomic E-state index is 3.24. The number of rotatable bonds is 4. The van der Waals surface area contributed by atoms with Gasteiger partial charge in [0.05, 0.1) is 0 Å². The molecule has 2 aromatic carbocycles. The molecule has 0 fully saturated rings. The van der Waals surface area contributed by atoms with Crippen LogP contribution in [0.3, 0.4) is 0 Å². The molecule has 0 atom stereocenters. The summed E-state index contributed by atoms with van der Waals surface area (Å²) >= 11 is 0. The highest BCUT2D eigenvalue weighted by Crippen LogP contribution is 2.30. The maximum atomic E-state index is 3.24. The van der Waals surface area contributed by atoms with Crippen LogP contribution in [0.4, 0.5) is 0 Å². The fourth-order valence-corrected chi connectivity index (χ4v) is 3.24. The lowest BCUT2D eigenvalue weighted by Gasteiger charge is -2.26. The Morgan fingerprint density at radius 1 is 0.571 bits per heavy atom. The summed E-state index contributed by atoms with van der Waals surface area (Å²) in [6.45, 7) is 19.8. The molecule has 0 aliphatic rings. The van der Waals surface area contributed by atoms with Crippen molar-refractivity contribution >= 4 is 0 Å². The molecule has 2 nitrogen and oxygen atoms in total. The van der Waals surface area contributed by atoms with Gasteiger partial charge in [0.25, 0.3) is 0 Å². The summed E-state index contributed by atoms with van der Waals surface area (Å²) in [5.41, 5.74) is 8.71. The van der Waals surface area contributed by atoms with E-state index in [-0.39, 0.29) is 10.8 Å². The van der Waals surface area contributed by atoms with E-state index in [0.717, 1.165) is 13.1 Å². The molecule has 2 N–H and O–H groups in total. The Balaban J connectivity index is 0.000000307. The highest BCUT2D eigenvalue weighted by Gasteiger charge is 2.20. The fraction of sp³-hybridized carbons (Fsp3) is 0.538. The molecule has 28 heavy (non-hydrogen) atoms. The average molecular weight is 383 g/mol. The standard InChI is InChI=1S/C16H27N.C10H15N/c1-15(2,3)13-8-12(11-17-7)9-14(10-13)16(4,5)6;1-8-4-9(2)6-10(5-8)7-11-3/h8-10,17H,11H2,1-7H3;4-6,11H,7H2,1-3H3. The number of benzene rings is 2. The van der Waals surface area contributed by atoms with Gasteiger partial charge in [-0.2, -0.15) is 0 Å². The summed E-state index contributed by atoms with van der Waals surface area (Å²) in [7, 11) is 3.97. The van der Waals surface area contributed by atoms with E-state index < -0.39 is 0 Å². The Morgan fingerprint density at radius 2 is 0.929 bits per heavy atom. The zero-order valence-corrected chi connectivity index (χ0v) is 19.9.